The molecule has 0 unspecified atom stereocenters. The van der Waals surface area contributed by atoms with Gasteiger partial charge in [0.2, 0.25) is 0 Å². The van der Waals surface area contributed by atoms with Crippen molar-refractivity contribution >= 4 is 46.7 Å². The van der Waals surface area contributed by atoms with Gasteiger partial charge in [-0.3, -0.25) is 9.89 Å². The van der Waals surface area contributed by atoms with Gasteiger partial charge in [0, 0.05) is 5.56 Å². The molecule has 116 valence electrons. The summed E-state index contributed by atoms with van der Waals surface area (Å²) in [6, 6.07) is 10.7. The highest BCUT2D eigenvalue weighted by Crippen LogP contribution is 2.23. The second-order valence-corrected chi connectivity index (χ2v) is 6.24. The number of halogens is 2. The zero-order chi connectivity index (χ0) is 16.2. The first-order chi connectivity index (χ1) is 11.1. The second-order valence-electron chi connectivity index (χ2n) is 4.48. The first-order valence-electron chi connectivity index (χ1n) is 6.52. The third kappa shape index (κ3) is 3.61. The molecule has 2 N–H and O–H groups in total. The summed E-state index contributed by atoms with van der Waals surface area (Å²) in [4.78, 5) is 13.0. The lowest BCUT2D eigenvalue weighted by Crippen LogP contribution is -2.18. The molecule has 0 aliphatic carbocycles. The van der Waals surface area contributed by atoms with E-state index in [2.05, 4.69) is 20.7 Å². The van der Waals surface area contributed by atoms with Gasteiger partial charge in [-0.25, -0.2) is 5.43 Å². The van der Waals surface area contributed by atoms with Gasteiger partial charge < -0.3 is 0 Å². The van der Waals surface area contributed by atoms with Crippen molar-refractivity contribution in [3.63, 3.8) is 0 Å². The van der Waals surface area contributed by atoms with Gasteiger partial charge in [0.15, 0.2) is 5.69 Å². The second kappa shape index (κ2) is 6.95. The van der Waals surface area contributed by atoms with E-state index in [1.807, 2.05) is 17.5 Å². The Balaban J connectivity index is 1.69. The first kappa shape index (κ1) is 15.7. The van der Waals surface area contributed by atoms with Crippen molar-refractivity contribution in [2.24, 2.45) is 5.10 Å². The molecule has 5 nitrogen and oxygen atoms in total. The third-order valence-electron chi connectivity index (χ3n) is 2.96. The van der Waals surface area contributed by atoms with Crippen LogP contribution in [0, 0.1) is 0 Å². The SMILES string of the molecule is O=C(N/N=C\c1c(Cl)cccc1Cl)c1cc(-c2cccs2)[nH]n1. The van der Waals surface area contributed by atoms with Crippen LogP contribution in [0.1, 0.15) is 16.1 Å². The van der Waals surface area contributed by atoms with Crippen molar-refractivity contribution in [2.45, 2.75) is 0 Å². The molecular formula is C15H10Cl2N4OS. The molecule has 2 aromatic heterocycles. The van der Waals surface area contributed by atoms with Crippen molar-refractivity contribution < 1.29 is 4.79 Å². The molecule has 0 bridgehead atoms. The average Bonchev–Trinajstić information content (AvgIpc) is 3.20. The van der Waals surface area contributed by atoms with Gasteiger partial charge in [0.25, 0.3) is 5.91 Å². The number of thiophene rings is 1. The molecule has 0 fully saturated rings. The Bertz CT molecular complexity index is 838. The van der Waals surface area contributed by atoms with E-state index >= 15 is 0 Å². The van der Waals surface area contributed by atoms with Crippen LogP contribution in [0.2, 0.25) is 10.0 Å². The van der Waals surface area contributed by atoms with Crippen molar-refractivity contribution in [1.29, 1.82) is 0 Å². The number of aromatic nitrogens is 2. The molecule has 3 rings (SSSR count). The number of hydrogen-bond acceptors (Lipinski definition) is 4. The van der Waals surface area contributed by atoms with Crippen LogP contribution in [-0.4, -0.2) is 22.3 Å². The van der Waals surface area contributed by atoms with Crippen LogP contribution in [-0.2, 0) is 0 Å². The van der Waals surface area contributed by atoms with Crippen LogP contribution in [0.15, 0.2) is 46.9 Å². The van der Waals surface area contributed by atoms with Crippen LogP contribution in [0.3, 0.4) is 0 Å². The number of nitrogens with one attached hydrogen (secondary N) is 2. The fourth-order valence-corrected chi connectivity index (χ4v) is 3.03. The molecule has 3 aromatic rings. The molecule has 0 aliphatic rings. The summed E-state index contributed by atoms with van der Waals surface area (Å²) < 4.78 is 0. The summed E-state index contributed by atoms with van der Waals surface area (Å²) in [6.07, 6.45) is 1.40. The summed E-state index contributed by atoms with van der Waals surface area (Å²) in [6.45, 7) is 0. The van der Waals surface area contributed by atoms with E-state index in [-0.39, 0.29) is 5.69 Å². The van der Waals surface area contributed by atoms with Gasteiger partial charge in [-0.15, -0.1) is 11.3 Å². The van der Waals surface area contributed by atoms with E-state index in [9.17, 15) is 4.79 Å². The Kier molecular flexibility index (Phi) is 4.76. The highest BCUT2D eigenvalue weighted by atomic mass is 35.5. The van der Waals surface area contributed by atoms with E-state index in [4.69, 9.17) is 23.2 Å². The van der Waals surface area contributed by atoms with Crippen molar-refractivity contribution in [2.75, 3.05) is 0 Å². The zero-order valence-electron chi connectivity index (χ0n) is 11.6. The lowest BCUT2D eigenvalue weighted by Gasteiger charge is -2.00. The molecule has 0 aliphatic heterocycles. The number of amides is 1. The molecule has 2 heterocycles. The molecule has 1 aromatic carbocycles. The minimum atomic E-state index is -0.427. The Morgan fingerprint density at radius 2 is 2.04 bits per heavy atom. The van der Waals surface area contributed by atoms with Crippen molar-refractivity contribution in [1.82, 2.24) is 15.6 Å². The summed E-state index contributed by atoms with van der Waals surface area (Å²) >= 11 is 13.6. The maximum Gasteiger partial charge on any atom is 0.291 e. The molecule has 23 heavy (non-hydrogen) atoms. The summed E-state index contributed by atoms with van der Waals surface area (Å²) in [7, 11) is 0. The Morgan fingerprint density at radius 1 is 1.26 bits per heavy atom. The fourth-order valence-electron chi connectivity index (χ4n) is 1.84. The number of benzene rings is 1. The van der Waals surface area contributed by atoms with E-state index in [1.54, 1.807) is 35.6 Å². The Labute approximate surface area is 145 Å². The number of carbonyl (C=O) groups is 1. The van der Waals surface area contributed by atoms with Crippen LogP contribution in [0.5, 0.6) is 0 Å². The lowest BCUT2D eigenvalue weighted by molar-refractivity contribution is 0.0950. The fraction of sp³-hybridized carbons (Fsp3) is 0. The molecule has 1 amide bonds. The number of hydrogen-bond donors (Lipinski definition) is 2. The summed E-state index contributed by atoms with van der Waals surface area (Å²) in [5, 5.41) is 13.5. The van der Waals surface area contributed by atoms with Crippen molar-refractivity contribution in [3.05, 3.63) is 63.1 Å². The van der Waals surface area contributed by atoms with Crippen LogP contribution < -0.4 is 5.43 Å². The maximum absolute atomic E-state index is 12.0. The van der Waals surface area contributed by atoms with Gasteiger partial charge in [-0.05, 0) is 29.6 Å². The summed E-state index contributed by atoms with van der Waals surface area (Å²) in [5.74, 6) is -0.427. The number of aromatic amines is 1. The number of H-pyrrole nitrogens is 1. The van der Waals surface area contributed by atoms with Gasteiger partial charge in [0.1, 0.15) is 0 Å². The van der Waals surface area contributed by atoms with E-state index < -0.39 is 5.91 Å². The molecule has 0 spiro atoms. The largest absolute Gasteiger partial charge is 0.291 e. The quantitative estimate of drug-likeness (QED) is 0.537. The maximum atomic E-state index is 12.0. The Morgan fingerprint density at radius 3 is 2.74 bits per heavy atom. The smallest absolute Gasteiger partial charge is 0.276 e. The number of rotatable bonds is 4. The predicted molar refractivity (Wildman–Crippen MR) is 93.4 cm³/mol. The molecule has 8 heteroatoms. The van der Waals surface area contributed by atoms with Gasteiger partial charge in [-0.1, -0.05) is 35.3 Å². The van der Waals surface area contributed by atoms with E-state index in [0.29, 0.717) is 15.6 Å². The monoisotopic (exact) mass is 364 g/mol. The summed E-state index contributed by atoms with van der Waals surface area (Å²) in [5.41, 5.74) is 3.96. The zero-order valence-corrected chi connectivity index (χ0v) is 13.9. The highest BCUT2D eigenvalue weighted by molar-refractivity contribution is 7.13. The molecule has 0 radical (unpaired) electrons. The lowest BCUT2D eigenvalue weighted by atomic mass is 10.2. The number of hydrazone groups is 1. The predicted octanol–water partition coefficient (Wildman–Crippen LogP) is 4.21. The minimum absolute atomic E-state index is 0.246. The van der Waals surface area contributed by atoms with E-state index in [0.717, 1.165) is 10.6 Å². The van der Waals surface area contributed by atoms with Crippen LogP contribution >= 0.6 is 34.5 Å². The van der Waals surface area contributed by atoms with Crippen molar-refractivity contribution in [3.8, 4) is 10.6 Å². The molecule has 0 atom stereocenters. The van der Waals surface area contributed by atoms with Crippen LogP contribution in [0.25, 0.3) is 10.6 Å². The number of carbonyl (C=O) groups excluding carboxylic acids is 1. The Hall–Kier alpha value is -2.15. The molecule has 0 saturated heterocycles. The normalized spacial score (nSPS) is 11.0. The average molecular weight is 365 g/mol. The minimum Gasteiger partial charge on any atom is -0.276 e. The van der Waals surface area contributed by atoms with Gasteiger partial charge >= 0.3 is 0 Å². The standard InChI is InChI=1S/C15H10Cl2N4OS/c16-10-3-1-4-11(17)9(10)8-18-21-15(22)13-7-12(19-20-13)14-5-2-6-23-14/h1-8H,(H,19,20)(H,21,22)/b18-8-. The third-order valence-corrected chi connectivity index (χ3v) is 4.52. The van der Waals surface area contributed by atoms with Gasteiger partial charge in [0.05, 0.1) is 26.8 Å². The van der Waals surface area contributed by atoms with Gasteiger partial charge in [-0.2, -0.15) is 10.2 Å². The highest BCUT2D eigenvalue weighted by Gasteiger charge is 2.11. The number of nitrogens with zero attached hydrogens (tertiary/aromatic N) is 2. The first-order valence-corrected chi connectivity index (χ1v) is 8.15. The van der Waals surface area contributed by atoms with E-state index in [1.165, 1.54) is 6.21 Å². The topological polar surface area (TPSA) is 70.1 Å². The van der Waals surface area contributed by atoms with Crippen LogP contribution in [0.4, 0.5) is 0 Å². The molecular weight excluding hydrogens is 355 g/mol. The molecule has 0 saturated carbocycles.